The van der Waals surface area contributed by atoms with Crippen molar-refractivity contribution in [2.75, 3.05) is 25.4 Å². The van der Waals surface area contributed by atoms with Gasteiger partial charge in [-0.1, -0.05) is 6.07 Å². The van der Waals surface area contributed by atoms with Crippen LogP contribution in [0.3, 0.4) is 0 Å². The summed E-state index contributed by atoms with van der Waals surface area (Å²) in [5, 5.41) is 0. The van der Waals surface area contributed by atoms with E-state index in [-0.39, 0.29) is 0 Å². The topological polar surface area (TPSA) is 38.5 Å². The second-order valence-electron chi connectivity index (χ2n) is 5.54. The van der Waals surface area contributed by atoms with Gasteiger partial charge in [0.1, 0.15) is 0 Å². The lowest BCUT2D eigenvalue weighted by atomic mass is 10.1. The van der Waals surface area contributed by atoms with Gasteiger partial charge in [-0.25, -0.2) is 0 Å². The van der Waals surface area contributed by atoms with E-state index in [0.29, 0.717) is 12.1 Å². The quantitative estimate of drug-likeness (QED) is 0.773. The lowest BCUT2D eigenvalue weighted by Crippen LogP contribution is -2.33. The molecule has 0 bridgehead atoms. The van der Waals surface area contributed by atoms with Crippen LogP contribution in [0.15, 0.2) is 18.2 Å². The van der Waals surface area contributed by atoms with Crippen molar-refractivity contribution in [2.45, 2.75) is 38.3 Å². The second-order valence-corrected chi connectivity index (χ2v) is 5.54. The van der Waals surface area contributed by atoms with E-state index in [2.05, 4.69) is 24.0 Å². The Morgan fingerprint density at radius 1 is 1.39 bits per heavy atom. The first-order valence-electron chi connectivity index (χ1n) is 6.98. The molecule has 1 aromatic rings. The highest BCUT2D eigenvalue weighted by molar-refractivity contribution is 5.47. The summed E-state index contributed by atoms with van der Waals surface area (Å²) >= 11 is 0. The normalized spacial score (nSPS) is 28.9. The fourth-order valence-corrected chi connectivity index (χ4v) is 3.30. The number of aryl methyl sites for hydroxylation is 1. The van der Waals surface area contributed by atoms with Crippen molar-refractivity contribution < 1.29 is 4.74 Å². The molecule has 0 saturated carbocycles. The molecule has 3 rings (SSSR count). The maximum absolute atomic E-state index is 5.87. The number of rotatable bonds is 1. The maximum Gasteiger partial charge on any atom is 0.0674 e. The zero-order valence-electron chi connectivity index (χ0n) is 11.1. The third-order valence-electron chi connectivity index (χ3n) is 4.14. The fourth-order valence-electron chi connectivity index (χ4n) is 3.30. The maximum atomic E-state index is 5.87. The van der Waals surface area contributed by atoms with Crippen molar-refractivity contribution in [3.05, 3.63) is 29.3 Å². The van der Waals surface area contributed by atoms with Crippen LogP contribution in [0.25, 0.3) is 0 Å². The summed E-state index contributed by atoms with van der Waals surface area (Å²) < 4.78 is 5.74. The Morgan fingerprint density at radius 2 is 2.28 bits per heavy atom. The number of nitrogen functional groups attached to an aromatic ring is 1. The van der Waals surface area contributed by atoms with Crippen molar-refractivity contribution >= 4 is 5.69 Å². The third kappa shape index (κ3) is 2.25. The smallest absolute Gasteiger partial charge is 0.0674 e. The molecule has 1 heterocycles. The van der Waals surface area contributed by atoms with Crippen LogP contribution in [0.5, 0.6) is 0 Å². The molecule has 0 amide bonds. The molecular weight excluding hydrogens is 224 g/mol. The number of nitrogens with zero attached hydrogens (tertiary/aromatic N) is 1. The first-order chi connectivity index (χ1) is 8.74. The van der Waals surface area contributed by atoms with Gasteiger partial charge in [-0.2, -0.15) is 0 Å². The van der Waals surface area contributed by atoms with Gasteiger partial charge in [0.2, 0.25) is 0 Å². The van der Waals surface area contributed by atoms with E-state index in [0.717, 1.165) is 38.2 Å². The van der Waals surface area contributed by atoms with Crippen LogP contribution < -0.4 is 5.73 Å². The van der Waals surface area contributed by atoms with Gasteiger partial charge in [0.05, 0.1) is 6.10 Å². The zero-order valence-corrected chi connectivity index (χ0v) is 11.1. The predicted molar refractivity (Wildman–Crippen MR) is 73.5 cm³/mol. The Kier molecular flexibility index (Phi) is 3.27. The van der Waals surface area contributed by atoms with E-state index >= 15 is 0 Å². The molecule has 98 valence electrons. The summed E-state index contributed by atoms with van der Waals surface area (Å²) in [6.45, 7) is 5.28. The highest BCUT2D eigenvalue weighted by atomic mass is 16.5. The number of benzene rings is 1. The molecular formula is C15H22N2O. The number of anilines is 1. The van der Waals surface area contributed by atoms with E-state index < -0.39 is 0 Å². The first kappa shape index (κ1) is 12.0. The van der Waals surface area contributed by atoms with Gasteiger partial charge in [0.25, 0.3) is 0 Å². The molecule has 1 fully saturated rings. The number of hydrogen-bond donors (Lipinski definition) is 1. The molecule has 1 saturated heterocycles. The summed E-state index contributed by atoms with van der Waals surface area (Å²) in [6.07, 6.45) is 3.89. The molecule has 0 aromatic heterocycles. The van der Waals surface area contributed by atoms with Gasteiger partial charge in [-0.15, -0.1) is 0 Å². The monoisotopic (exact) mass is 246 g/mol. The largest absolute Gasteiger partial charge is 0.399 e. The minimum Gasteiger partial charge on any atom is -0.399 e. The lowest BCUT2D eigenvalue weighted by molar-refractivity contribution is 0.0606. The Morgan fingerprint density at radius 3 is 3.17 bits per heavy atom. The molecule has 1 aromatic carbocycles. The first-order valence-corrected chi connectivity index (χ1v) is 6.98. The Balaban J connectivity index is 1.82. The molecule has 2 N–H and O–H groups in total. The predicted octanol–water partition coefficient (Wildman–Crippen LogP) is 2.37. The standard InChI is InChI=1S/C15H22N2O/c1-11-10-17(7-2-8-18-11)15-6-3-12-9-13(16)4-5-14(12)15/h4-5,9,11,15H,2-3,6-8,10,16H2,1H3. The average Bonchev–Trinajstić information content (AvgIpc) is 2.63. The summed E-state index contributed by atoms with van der Waals surface area (Å²) in [5.41, 5.74) is 9.69. The highest BCUT2D eigenvalue weighted by Crippen LogP contribution is 2.37. The molecule has 2 aliphatic rings. The van der Waals surface area contributed by atoms with Crippen LogP contribution in [0, 0.1) is 0 Å². The zero-order chi connectivity index (χ0) is 12.5. The van der Waals surface area contributed by atoms with Crippen LogP contribution in [-0.4, -0.2) is 30.7 Å². The van der Waals surface area contributed by atoms with Crippen molar-refractivity contribution in [1.29, 1.82) is 0 Å². The number of ether oxygens (including phenoxy) is 1. The van der Waals surface area contributed by atoms with Gasteiger partial charge in [0.15, 0.2) is 0 Å². The second kappa shape index (κ2) is 4.90. The Labute approximate surface area is 109 Å². The molecule has 2 unspecified atom stereocenters. The van der Waals surface area contributed by atoms with Gasteiger partial charge >= 0.3 is 0 Å². The molecule has 2 atom stereocenters. The van der Waals surface area contributed by atoms with E-state index in [1.807, 2.05) is 6.07 Å². The van der Waals surface area contributed by atoms with Crippen molar-refractivity contribution in [1.82, 2.24) is 4.90 Å². The minimum atomic E-state index is 0.352. The lowest BCUT2D eigenvalue weighted by Gasteiger charge is -2.29. The number of fused-ring (bicyclic) bond motifs is 1. The minimum absolute atomic E-state index is 0.352. The number of hydrogen-bond acceptors (Lipinski definition) is 3. The molecule has 3 nitrogen and oxygen atoms in total. The van der Waals surface area contributed by atoms with Crippen LogP contribution in [0.2, 0.25) is 0 Å². The Hall–Kier alpha value is -1.06. The molecule has 18 heavy (non-hydrogen) atoms. The van der Waals surface area contributed by atoms with Crippen LogP contribution in [0.4, 0.5) is 5.69 Å². The van der Waals surface area contributed by atoms with Crippen LogP contribution in [-0.2, 0) is 11.2 Å². The summed E-state index contributed by atoms with van der Waals surface area (Å²) in [7, 11) is 0. The van der Waals surface area contributed by atoms with Crippen LogP contribution >= 0.6 is 0 Å². The van der Waals surface area contributed by atoms with Gasteiger partial charge < -0.3 is 10.5 Å². The molecule has 1 aliphatic carbocycles. The molecule has 1 aliphatic heterocycles. The summed E-state index contributed by atoms with van der Waals surface area (Å²) in [5.74, 6) is 0. The van der Waals surface area contributed by atoms with E-state index in [4.69, 9.17) is 10.5 Å². The average molecular weight is 246 g/mol. The van der Waals surface area contributed by atoms with Gasteiger partial charge in [-0.3, -0.25) is 4.90 Å². The van der Waals surface area contributed by atoms with E-state index in [9.17, 15) is 0 Å². The SMILES string of the molecule is CC1CN(C2CCc3cc(N)ccc32)CCCO1. The fraction of sp³-hybridized carbons (Fsp3) is 0.600. The molecule has 0 spiro atoms. The Bertz CT molecular complexity index is 433. The van der Waals surface area contributed by atoms with Gasteiger partial charge in [-0.05, 0) is 49.4 Å². The molecule has 3 heteroatoms. The third-order valence-corrected chi connectivity index (χ3v) is 4.14. The van der Waals surface area contributed by atoms with E-state index in [1.165, 1.54) is 17.5 Å². The summed E-state index contributed by atoms with van der Waals surface area (Å²) in [4.78, 5) is 2.60. The number of nitrogens with two attached hydrogens (primary N) is 1. The van der Waals surface area contributed by atoms with Crippen molar-refractivity contribution in [2.24, 2.45) is 0 Å². The van der Waals surface area contributed by atoms with Crippen LogP contribution in [0.1, 0.15) is 36.9 Å². The van der Waals surface area contributed by atoms with Crippen molar-refractivity contribution in [3.8, 4) is 0 Å². The van der Waals surface area contributed by atoms with Crippen molar-refractivity contribution in [3.63, 3.8) is 0 Å². The molecule has 0 radical (unpaired) electrons. The van der Waals surface area contributed by atoms with E-state index in [1.54, 1.807) is 0 Å². The highest BCUT2D eigenvalue weighted by Gasteiger charge is 2.29. The van der Waals surface area contributed by atoms with Gasteiger partial charge in [0, 0.05) is 31.4 Å². The summed E-state index contributed by atoms with van der Waals surface area (Å²) in [6, 6.07) is 6.98.